The third-order valence-corrected chi connectivity index (χ3v) is 6.34. The largest absolute Gasteiger partial charge is 0.333 e. The fourth-order valence-corrected chi connectivity index (χ4v) is 4.92. The molecule has 0 spiro atoms. The highest BCUT2D eigenvalue weighted by Crippen LogP contribution is 2.31. The average Bonchev–Trinajstić information content (AvgIpc) is 2.78. The maximum atomic E-state index is 12.3. The molecular formula is C19H27Cl2N3OS. The van der Waals surface area contributed by atoms with E-state index in [1.54, 1.807) is 18.7 Å². The lowest BCUT2D eigenvalue weighted by molar-refractivity contribution is -0.117. The molecule has 1 atom stereocenters. The second-order valence-corrected chi connectivity index (χ2v) is 8.25. The first kappa shape index (κ1) is 21.4. The second-order valence-electron chi connectivity index (χ2n) is 6.83. The fourth-order valence-electron chi connectivity index (χ4n) is 3.57. The van der Waals surface area contributed by atoms with Crippen LogP contribution >= 0.6 is 35.8 Å². The first-order valence-electron chi connectivity index (χ1n) is 9.05. The van der Waals surface area contributed by atoms with Crippen molar-refractivity contribution in [1.29, 1.82) is 0 Å². The molecule has 7 heteroatoms. The molecule has 144 valence electrons. The Morgan fingerprint density at radius 3 is 2.38 bits per heavy atom. The number of hydrogen-bond acceptors (Lipinski definition) is 3. The molecule has 2 aliphatic rings. The van der Waals surface area contributed by atoms with Crippen LogP contribution in [0.25, 0.3) is 0 Å². The predicted molar refractivity (Wildman–Crippen MR) is 115 cm³/mol. The van der Waals surface area contributed by atoms with Crippen molar-refractivity contribution in [2.75, 3.05) is 17.7 Å². The van der Waals surface area contributed by atoms with Crippen LogP contribution in [0.3, 0.4) is 0 Å². The van der Waals surface area contributed by atoms with Gasteiger partial charge in [-0.3, -0.25) is 14.7 Å². The highest BCUT2D eigenvalue weighted by Gasteiger charge is 2.34. The molecule has 0 aromatic heterocycles. The van der Waals surface area contributed by atoms with E-state index in [-0.39, 0.29) is 24.5 Å². The lowest BCUT2D eigenvalue weighted by atomic mass is 10.1. The van der Waals surface area contributed by atoms with Crippen LogP contribution in [-0.4, -0.2) is 41.0 Å². The highest BCUT2D eigenvalue weighted by atomic mass is 35.5. The monoisotopic (exact) mass is 415 g/mol. The van der Waals surface area contributed by atoms with Gasteiger partial charge in [0.05, 0.1) is 6.04 Å². The van der Waals surface area contributed by atoms with Crippen molar-refractivity contribution in [3.63, 3.8) is 0 Å². The zero-order valence-electron chi connectivity index (χ0n) is 15.4. The fraction of sp³-hybridized carbons (Fsp3) is 0.579. The Labute approximate surface area is 171 Å². The number of anilines is 1. The maximum Gasteiger partial charge on any atom is 0.225 e. The van der Waals surface area contributed by atoms with Crippen molar-refractivity contribution in [2.24, 2.45) is 4.99 Å². The van der Waals surface area contributed by atoms with E-state index in [4.69, 9.17) is 16.6 Å². The number of amides is 1. The van der Waals surface area contributed by atoms with E-state index < -0.39 is 0 Å². The molecule has 3 rings (SSSR count). The van der Waals surface area contributed by atoms with E-state index in [1.165, 1.54) is 38.5 Å². The summed E-state index contributed by atoms with van der Waals surface area (Å²) in [6, 6.07) is 7.91. The average molecular weight is 416 g/mol. The maximum absolute atomic E-state index is 12.3. The molecule has 4 nitrogen and oxygen atoms in total. The van der Waals surface area contributed by atoms with Crippen molar-refractivity contribution < 1.29 is 4.79 Å². The molecule has 0 N–H and O–H groups in total. The van der Waals surface area contributed by atoms with Crippen LogP contribution in [-0.2, 0) is 4.79 Å². The predicted octanol–water partition coefficient (Wildman–Crippen LogP) is 5.20. The highest BCUT2D eigenvalue weighted by molar-refractivity contribution is 8.14. The Morgan fingerprint density at radius 1 is 1.19 bits per heavy atom. The topological polar surface area (TPSA) is 35.9 Å². The summed E-state index contributed by atoms with van der Waals surface area (Å²) >= 11 is 7.75. The number of hydrogen-bond donors (Lipinski definition) is 0. The van der Waals surface area contributed by atoms with Gasteiger partial charge in [0.1, 0.15) is 6.17 Å². The number of thioether (sulfide) groups is 1. The minimum absolute atomic E-state index is 0. The van der Waals surface area contributed by atoms with Gasteiger partial charge in [0.2, 0.25) is 5.91 Å². The summed E-state index contributed by atoms with van der Waals surface area (Å²) in [5.74, 6) is 0.875. The van der Waals surface area contributed by atoms with Crippen molar-refractivity contribution in [3.8, 4) is 0 Å². The molecule has 0 radical (unpaired) electrons. The number of carbonyl (C=O) groups is 1. The van der Waals surface area contributed by atoms with Gasteiger partial charge in [-0.25, -0.2) is 0 Å². The van der Waals surface area contributed by atoms with E-state index >= 15 is 0 Å². The summed E-state index contributed by atoms with van der Waals surface area (Å²) in [5, 5.41) is 1.74. The van der Waals surface area contributed by atoms with E-state index in [9.17, 15) is 4.79 Å². The van der Waals surface area contributed by atoms with Crippen LogP contribution in [0.4, 0.5) is 5.69 Å². The molecule has 26 heavy (non-hydrogen) atoms. The minimum Gasteiger partial charge on any atom is -0.333 e. The molecule has 1 aromatic carbocycles. The van der Waals surface area contributed by atoms with E-state index in [0.29, 0.717) is 11.1 Å². The van der Waals surface area contributed by atoms with Crippen LogP contribution < -0.4 is 4.90 Å². The Morgan fingerprint density at radius 2 is 1.81 bits per heavy atom. The molecule has 2 fully saturated rings. The number of halogens is 2. The summed E-state index contributed by atoms with van der Waals surface area (Å²) in [5.41, 5.74) is 0.880. The van der Waals surface area contributed by atoms with E-state index in [1.807, 2.05) is 36.2 Å². The van der Waals surface area contributed by atoms with Gasteiger partial charge in [0, 0.05) is 30.4 Å². The van der Waals surface area contributed by atoms with Gasteiger partial charge in [0.15, 0.2) is 5.17 Å². The molecule has 1 aromatic rings. The minimum atomic E-state index is -0.00629. The van der Waals surface area contributed by atoms with Crippen LogP contribution in [0.5, 0.6) is 0 Å². The molecule has 1 aliphatic heterocycles. The first-order valence-corrected chi connectivity index (χ1v) is 10.4. The Balaban J connectivity index is 0.00000243. The summed E-state index contributed by atoms with van der Waals surface area (Å²) in [7, 11) is 2.05. The molecule has 1 saturated heterocycles. The van der Waals surface area contributed by atoms with Crippen LogP contribution in [0, 0.1) is 0 Å². The summed E-state index contributed by atoms with van der Waals surface area (Å²) in [4.78, 5) is 21.3. The number of aliphatic imine (C=N–C) groups is 1. The molecule has 1 aliphatic carbocycles. The molecule has 0 bridgehead atoms. The van der Waals surface area contributed by atoms with Crippen LogP contribution in [0.2, 0.25) is 5.02 Å². The number of rotatable bonds is 3. The lowest BCUT2D eigenvalue weighted by Crippen LogP contribution is -2.48. The molecule has 1 heterocycles. The summed E-state index contributed by atoms with van der Waals surface area (Å²) < 4.78 is 0. The van der Waals surface area contributed by atoms with Crippen molar-refractivity contribution in [3.05, 3.63) is 29.3 Å². The number of carbonyl (C=O) groups excluding carboxylic acids is 1. The standard InChI is InChI=1S/C19H26ClN3OS.ClH/c1-14(24)23(17-11-9-15(20)10-12-17)18-13-25-19(22(18)2)21-16-7-5-3-4-6-8-16;/h9-12,16,18H,3-8,13H2,1-2H3;1H. The number of benzene rings is 1. The molecule has 1 unspecified atom stereocenters. The number of nitrogens with zero attached hydrogens (tertiary/aromatic N) is 3. The van der Waals surface area contributed by atoms with Crippen molar-refractivity contribution in [1.82, 2.24) is 4.90 Å². The van der Waals surface area contributed by atoms with Gasteiger partial charge in [-0.05, 0) is 37.1 Å². The summed E-state index contributed by atoms with van der Waals surface area (Å²) in [6.07, 6.45) is 7.61. The normalized spacial score (nSPS) is 22.8. The van der Waals surface area contributed by atoms with Gasteiger partial charge in [-0.15, -0.1) is 12.4 Å². The Kier molecular flexibility index (Phi) is 8.11. The lowest BCUT2D eigenvalue weighted by Gasteiger charge is -2.33. The Bertz CT molecular complexity index is 630. The molecular weight excluding hydrogens is 389 g/mol. The van der Waals surface area contributed by atoms with Crippen LogP contribution in [0.1, 0.15) is 45.4 Å². The van der Waals surface area contributed by atoms with Gasteiger partial charge < -0.3 is 4.90 Å². The van der Waals surface area contributed by atoms with Gasteiger partial charge >= 0.3 is 0 Å². The summed E-state index contributed by atoms with van der Waals surface area (Å²) in [6.45, 7) is 1.62. The quantitative estimate of drug-likeness (QED) is 0.636. The van der Waals surface area contributed by atoms with E-state index in [0.717, 1.165) is 16.6 Å². The zero-order chi connectivity index (χ0) is 17.8. The molecule has 1 amide bonds. The van der Waals surface area contributed by atoms with E-state index in [2.05, 4.69) is 4.90 Å². The van der Waals surface area contributed by atoms with Crippen molar-refractivity contribution in [2.45, 2.75) is 57.7 Å². The number of amidine groups is 1. The van der Waals surface area contributed by atoms with Crippen LogP contribution in [0.15, 0.2) is 29.3 Å². The first-order chi connectivity index (χ1) is 12.1. The third-order valence-electron chi connectivity index (χ3n) is 4.97. The molecule has 1 saturated carbocycles. The third kappa shape index (κ3) is 5.08. The van der Waals surface area contributed by atoms with Gasteiger partial charge in [0.25, 0.3) is 0 Å². The second kappa shape index (κ2) is 9.86. The van der Waals surface area contributed by atoms with Gasteiger partial charge in [-0.1, -0.05) is 49.0 Å². The smallest absolute Gasteiger partial charge is 0.225 e. The Hall–Kier alpha value is -0.910. The zero-order valence-corrected chi connectivity index (χ0v) is 17.7. The van der Waals surface area contributed by atoms with Crippen molar-refractivity contribution >= 4 is 52.5 Å². The van der Waals surface area contributed by atoms with Gasteiger partial charge in [-0.2, -0.15) is 0 Å². The SMILES string of the molecule is CC(=O)N(c1ccc(Cl)cc1)C1CSC(=NC2CCCCCC2)N1C.Cl.